The maximum atomic E-state index is 12.4. The minimum atomic E-state index is -1.13. The van der Waals surface area contributed by atoms with E-state index in [4.69, 9.17) is 5.11 Å². The lowest BCUT2D eigenvalue weighted by molar-refractivity contribution is -0.142. The Morgan fingerprint density at radius 1 is 1.09 bits per heavy atom. The molecule has 2 unspecified atom stereocenters. The van der Waals surface area contributed by atoms with Gasteiger partial charge in [0.15, 0.2) is 0 Å². The van der Waals surface area contributed by atoms with Crippen molar-refractivity contribution in [2.45, 2.75) is 32.4 Å². The van der Waals surface area contributed by atoms with Crippen molar-refractivity contribution in [3.8, 4) is 0 Å². The molecule has 0 aliphatic rings. The zero-order valence-electron chi connectivity index (χ0n) is 13.2. The zero-order valence-corrected chi connectivity index (χ0v) is 13.2. The number of amides is 2. The van der Waals surface area contributed by atoms with E-state index in [9.17, 15) is 19.5 Å². The number of aliphatic hydroxyl groups is 1. The molecule has 0 spiro atoms. The van der Waals surface area contributed by atoms with Crippen LogP contribution in [0.2, 0.25) is 0 Å². The largest absolute Gasteiger partial charge is 0.480 e. The second kappa shape index (κ2) is 8.89. The Labute approximate surface area is 134 Å². The van der Waals surface area contributed by atoms with E-state index in [0.717, 1.165) is 0 Å². The number of carbonyl (C=O) groups excluding carboxylic acids is 2. The van der Waals surface area contributed by atoms with Gasteiger partial charge in [-0.05, 0) is 17.9 Å². The maximum absolute atomic E-state index is 12.4. The Morgan fingerprint density at radius 3 is 2.17 bits per heavy atom. The van der Waals surface area contributed by atoms with Gasteiger partial charge < -0.3 is 20.8 Å². The third-order valence-electron chi connectivity index (χ3n) is 3.17. The van der Waals surface area contributed by atoms with Crippen molar-refractivity contribution in [3.63, 3.8) is 0 Å². The SMILES string of the molecule is CC(C)CC(NC(=O)C(NC(=O)CO)c1ccccc1)C(=O)O. The molecule has 1 aromatic rings. The van der Waals surface area contributed by atoms with Crippen molar-refractivity contribution < 1.29 is 24.6 Å². The number of nitrogens with one attached hydrogen (secondary N) is 2. The third kappa shape index (κ3) is 6.07. The van der Waals surface area contributed by atoms with E-state index in [2.05, 4.69) is 10.6 Å². The van der Waals surface area contributed by atoms with Gasteiger partial charge in [0.2, 0.25) is 11.8 Å². The summed E-state index contributed by atoms with van der Waals surface area (Å²) >= 11 is 0. The number of carbonyl (C=O) groups is 3. The molecule has 1 aromatic carbocycles. The lowest BCUT2D eigenvalue weighted by Gasteiger charge is -2.22. The Bertz CT molecular complexity index is 545. The van der Waals surface area contributed by atoms with Crippen molar-refractivity contribution in [2.75, 3.05) is 6.61 Å². The van der Waals surface area contributed by atoms with E-state index >= 15 is 0 Å². The van der Waals surface area contributed by atoms with E-state index in [1.165, 1.54) is 0 Å². The van der Waals surface area contributed by atoms with E-state index in [1.807, 2.05) is 13.8 Å². The van der Waals surface area contributed by atoms with E-state index < -0.39 is 36.5 Å². The first-order chi connectivity index (χ1) is 10.8. The van der Waals surface area contributed by atoms with Crippen molar-refractivity contribution in [2.24, 2.45) is 5.92 Å². The molecule has 2 atom stereocenters. The Hall–Kier alpha value is -2.41. The van der Waals surface area contributed by atoms with E-state index in [1.54, 1.807) is 30.3 Å². The number of hydrogen-bond acceptors (Lipinski definition) is 4. The molecule has 0 aromatic heterocycles. The van der Waals surface area contributed by atoms with E-state index in [-0.39, 0.29) is 12.3 Å². The number of rotatable bonds is 8. The summed E-state index contributed by atoms with van der Waals surface area (Å²) in [6.45, 7) is 2.94. The molecule has 0 bridgehead atoms. The van der Waals surface area contributed by atoms with Crippen molar-refractivity contribution in [3.05, 3.63) is 35.9 Å². The summed E-state index contributed by atoms with van der Waals surface area (Å²) in [7, 11) is 0. The first-order valence-electron chi connectivity index (χ1n) is 7.33. The fourth-order valence-corrected chi connectivity index (χ4v) is 2.10. The lowest BCUT2D eigenvalue weighted by Crippen LogP contribution is -2.48. The van der Waals surface area contributed by atoms with Crippen molar-refractivity contribution in [1.29, 1.82) is 0 Å². The number of benzene rings is 1. The van der Waals surface area contributed by atoms with Crippen LogP contribution in [0.4, 0.5) is 0 Å². The van der Waals surface area contributed by atoms with Gasteiger partial charge in [0.25, 0.3) is 0 Å². The van der Waals surface area contributed by atoms with Gasteiger partial charge in [0.05, 0.1) is 0 Å². The number of carboxylic acids is 1. The van der Waals surface area contributed by atoms with Crippen LogP contribution in [0.25, 0.3) is 0 Å². The molecule has 7 heteroatoms. The molecule has 0 aliphatic carbocycles. The molecule has 0 saturated carbocycles. The molecule has 0 saturated heterocycles. The number of aliphatic hydroxyl groups excluding tert-OH is 1. The van der Waals surface area contributed by atoms with Crippen LogP contribution in [0, 0.1) is 5.92 Å². The van der Waals surface area contributed by atoms with Gasteiger partial charge in [-0.2, -0.15) is 0 Å². The molecular weight excluding hydrogens is 300 g/mol. The summed E-state index contributed by atoms with van der Waals surface area (Å²) in [5.74, 6) is -2.40. The summed E-state index contributed by atoms with van der Waals surface area (Å²) in [6, 6.07) is 6.32. The highest BCUT2D eigenvalue weighted by atomic mass is 16.4. The molecule has 0 fully saturated rings. The summed E-state index contributed by atoms with van der Waals surface area (Å²) in [4.78, 5) is 35.1. The fourth-order valence-electron chi connectivity index (χ4n) is 2.10. The molecule has 1 rings (SSSR count). The van der Waals surface area contributed by atoms with Gasteiger partial charge in [-0.25, -0.2) is 4.79 Å². The molecule has 7 nitrogen and oxygen atoms in total. The summed E-state index contributed by atoms with van der Waals surface area (Å²) in [6.07, 6.45) is 0.274. The highest BCUT2D eigenvalue weighted by Crippen LogP contribution is 2.14. The monoisotopic (exact) mass is 322 g/mol. The van der Waals surface area contributed by atoms with Crippen molar-refractivity contribution >= 4 is 17.8 Å². The van der Waals surface area contributed by atoms with Crippen LogP contribution in [-0.2, 0) is 14.4 Å². The predicted octanol–water partition coefficient (Wildman–Crippen LogP) is 0.452. The lowest BCUT2D eigenvalue weighted by atomic mass is 10.0. The van der Waals surface area contributed by atoms with Crippen LogP contribution >= 0.6 is 0 Å². The average molecular weight is 322 g/mol. The molecule has 0 radical (unpaired) electrons. The quantitative estimate of drug-likeness (QED) is 0.555. The highest BCUT2D eigenvalue weighted by molar-refractivity contribution is 5.91. The Balaban J connectivity index is 2.94. The van der Waals surface area contributed by atoms with Gasteiger partial charge in [-0.1, -0.05) is 44.2 Å². The van der Waals surface area contributed by atoms with Gasteiger partial charge in [-0.15, -0.1) is 0 Å². The predicted molar refractivity (Wildman–Crippen MR) is 83.4 cm³/mol. The normalized spacial score (nSPS) is 13.2. The van der Waals surface area contributed by atoms with Crippen LogP contribution < -0.4 is 10.6 Å². The second-order valence-corrected chi connectivity index (χ2v) is 5.60. The first kappa shape index (κ1) is 18.6. The van der Waals surface area contributed by atoms with Crippen LogP contribution in [0.15, 0.2) is 30.3 Å². The summed E-state index contributed by atoms with van der Waals surface area (Å²) < 4.78 is 0. The molecule has 0 heterocycles. The fraction of sp³-hybridized carbons (Fsp3) is 0.438. The van der Waals surface area contributed by atoms with Crippen LogP contribution in [-0.4, -0.2) is 40.6 Å². The first-order valence-corrected chi connectivity index (χ1v) is 7.33. The van der Waals surface area contributed by atoms with Crippen LogP contribution in [0.5, 0.6) is 0 Å². The Morgan fingerprint density at radius 2 is 1.70 bits per heavy atom. The highest BCUT2D eigenvalue weighted by Gasteiger charge is 2.27. The molecular formula is C16H22N2O5. The molecule has 0 aliphatic heterocycles. The minimum absolute atomic E-state index is 0.0820. The third-order valence-corrected chi connectivity index (χ3v) is 3.17. The van der Waals surface area contributed by atoms with Gasteiger partial charge in [0, 0.05) is 0 Å². The van der Waals surface area contributed by atoms with Gasteiger partial charge >= 0.3 is 5.97 Å². The number of aliphatic carboxylic acids is 1. The smallest absolute Gasteiger partial charge is 0.326 e. The number of carboxylic acid groups (broad SMARTS) is 1. The molecule has 4 N–H and O–H groups in total. The minimum Gasteiger partial charge on any atom is -0.480 e. The van der Waals surface area contributed by atoms with E-state index in [0.29, 0.717) is 5.56 Å². The van der Waals surface area contributed by atoms with Gasteiger partial charge in [-0.3, -0.25) is 9.59 Å². The molecule has 2 amide bonds. The maximum Gasteiger partial charge on any atom is 0.326 e. The standard InChI is InChI=1S/C16H22N2O5/c1-10(2)8-12(16(22)23)17-15(21)14(18-13(20)9-19)11-6-4-3-5-7-11/h3-7,10,12,14,19H,8-9H2,1-2H3,(H,17,21)(H,18,20)(H,22,23). The van der Waals surface area contributed by atoms with Crippen LogP contribution in [0.1, 0.15) is 31.9 Å². The zero-order chi connectivity index (χ0) is 17.4. The Kier molecular flexibility index (Phi) is 7.21. The summed E-state index contributed by atoms with van der Waals surface area (Å²) in [5.41, 5.74) is 0.500. The summed E-state index contributed by atoms with van der Waals surface area (Å²) in [5, 5.41) is 22.9. The topological polar surface area (TPSA) is 116 Å². The molecule has 23 heavy (non-hydrogen) atoms. The van der Waals surface area contributed by atoms with Crippen molar-refractivity contribution in [1.82, 2.24) is 10.6 Å². The van der Waals surface area contributed by atoms with Gasteiger partial charge in [0.1, 0.15) is 18.7 Å². The second-order valence-electron chi connectivity index (χ2n) is 5.60. The number of hydrogen-bond donors (Lipinski definition) is 4. The molecule has 126 valence electrons. The van der Waals surface area contributed by atoms with Crippen LogP contribution in [0.3, 0.4) is 0 Å². The average Bonchev–Trinajstić information content (AvgIpc) is 2.51.